The highest BCUT2D eigenvalue weighted by molar-refractivity contribution is 5.88. The van der Waals surface area contributed by atoms with Crippen LogP contribution in [0.1, 0.15) is 12.0 Å². The van der Waals surface area contributed by atoms with E-state index in [9.17, 15) is 4.79 Å². The van der Waals surface area contributed by atoms with Gasteiger partial charge in [0.15, 0.2) is 0 Å². The topological polar surface area (TPSA) is 44.4 Å². The van der Waals surface area contributed by atoms with Crippen molar-refractivity contribution in [1.29, 1.82) is 0 Å². The molecule has 4 nitrogen and oxygen atoms in total. The van der Waals surface area contributed by atoms with Crippen molar-refractivity contribution in [1.82, 2.24) is 10.4 Å². The Hall–Kier alpha value is -1.81. The first-order chi connectivity index (χ1) is 8.24. The normalized spacial score (nSPS) is 15.6. The summed E-state index contributed by atoms with van der Waals surface area (Å²) in [5.41, 5.74) is 4.80. The van der Waals surface area contributed by atoms with Crippen molar-refractivity contribution in [3.63, 3.8) is 0 Å². The quantitative estimate of drug-likeness (QED) is 0.767. The summed E-state index contributed by atoms with van der Waals surface area (Å²) in [6, 6.07) is 7.54. The van der Waals surface area contributed by atoms with Gasteiger partial charge in [0, 0.05) is 18.8 Å². The largest absolute Gasteiger partial charge is 0.333 e. The molecule has 0 radical (unpaired) electrons. The summed E-state index contributed by atoms with van der Waals surface area (Å²) in [6.45, 7) is 3.64. The van der Waals surface area contributed by atoms with Gasteiger partial charge in [-0.2, -0.15) is 0 Å². The fourth-order valence-electron chi connectivity index (χ4n) is 1.68. The van der Waals surface area contributed by atoms with Crippen molar-refractivity contribution >= 4 is 11.7 Å². The van der Waals surface area contributed by atoms with E-state index in [0.29, 0.717) is 0 Å². The van der Waals surface area contributed by atoms with Crippen LogP contribution in [-0.4, -0.2) is 24.1 Å². The van der Waals surface area contributed by atoms with Crippen LogP contribution in [0.3, 0.4) is 0 Å². The SMILES string of the molecule is Cc1ccc(NC(=O)NN2CC=CCC2)cc1. The van der Waals surface area contributed by atoms with Gasteiger partial charge in [0.1, 0.15) is 0 Å². The molecule has 0 bridgehead atoms. The molecule has 0 atom stereocenters. The number of anilines is 1. The van der Waals surface area contributed by atoms with E-state index in [1.165, 1.54) is 5.56 Å². The lowest BCUT2D eigenvalue weighted by Crippen LogP contribution is -2.45. The first-order valence-corrected chi connectivity index (χ1v) is 5.78. The maximum absolute atomic E-state index is 11.7. The number of benzene rings is 1. The van der Waals surface area contributed by atoms with E-state index in [-0.39, 0.29) is 6.03 Å². The average Bonchev–Trinajstić information content (AvgIpc) is 2.33. The number of urea groups is 1. The van der Waals surface area contributed by atoms with Crippen molar-refractivity contribution in [2.75, 3.05) is 18.4 Å². The number of amides is 2. The summed E-state index contributed by atoms with van der Waals surface area (Å²) in [5.74, 6) is 0. The minimum Gasteiger partial charge on any atom is -0.307 e. The summed E-state index contributed by atoms with van der Waals surface area (Å²) < 4.78 is 0. The molecule has 1 heterocycles. The third kappa shape index (κ3) is 3.60. The molecule has 0 unspecified atom stereocenters. The molecule has 2 rings (SSSR count). The average molecular weight is 231 g/mol. The van der Waals surface area contributed by atoms with E-state index in [0.717, 1.165) is 25.2 Å². The zero-order chi connectivity index (χ0) is 12.1. The molecule has 0 spiro atoms. The van der Waals surface area contributed by atoms with Crippen molar-refractivity contribution in [2.45, 2.75) is 13.3 Å². The summed E-state index contributed by atoms with van der Waals surface area (Å²) in [4.78, 5) is 11.7. The van der Waals surface area contributed by atoms with Crippen LogP contribution in [0.5, 0.6) is 0 Å². The number of carbonyl (C=O) groups is 1. The van der Waals surface area contributed by atoms with Crippen LogP contribution >= 0.6 is 0 Å². The molecule has 2 N–H and O–H groups in total. The van der Waals surface area contributed by atoms with E-state index in [2.05, 4.69) is 22.9 Å². The molecule has 17 heavy (non-hydrogen) atoms. The predicted octanol–water partition coefficient (Wildman–Crippen LogP) is 2.29. The zero-order valence-electron chi connectivity index (χ0n) is 9.94. The highest BCUT2D eigenvalue weighted by Crippen LogP contribution is 2.08. The molecule has 90 valence electrons. The Labute approximate surface area is 101 Å². The Kier molecular flexibility index (Phi) is 3.77. The van der Waals surface area contributed by atoms with Crippen LogP contribution < -0.4 is 10.7 Å². The van der Waals surface area contributed by atoms with Gasteiger partial charge < -0.3 is 5.32 Å². The first kappa shape index (κ1) is 11.7. The number of hydrazine groups is 1. The second-order valence-electron chi connectivity index (χ2n) is 4.14. The Bertz CT molecular complexity index is 411. The summed E-state index contributed by atoms with van der Waals surface area (Å²) in [5, 5.41) is 4.69. The molecule has 1 aliphatic heterocycles. The van der Waals surface area contributed by atoms with Crippen LogP contribution in [0.4, 0.5) is 10.5 Å². The first-order valence-electron chi connectivity index (χ1n) is 5.78. The van der Waals surface area contributed by atoms with Gasteiger partial charge >= 0.3 is 6.03 Å². The van der Waals surface area contributed by atoms with E-state index >= 15 is 0 Å². The van der Waals surface area contributed by atoms with Crippen LogP contribution in [0.25, 0.3) is 0 Å². The molecule has 0 saturated heterocycles. The zero-order valence-corrected chi connectivity index (χ0v) is 9.94. The Morgan fingerprint density at radius 3 is 2.65 bits per heavy atom. The second kappa shape index (κ2) is 5.50. The number of hydrogen-bond donors (Lipinski definition) is 2. The fraction of sp³-hybridized carbons (Fsp3) is 0.308. The van der Waals surface area contributed by atoms with Gasteiger partial charge in [0.25, 0.3) is 0 Å². The van der Waals surface area contributed by atoms with Crippen LogP contribution in [0, 0.1) is 6.92 Å². The lowest BCUT2D eigenvalue weighted by atomic mass is 10.2. The smallest absolute Gasteiger partial charge is 0.307 e. The molecule has 0 saturated carbocycles. The minimum atomic E-state index is -0.191. The Morgan fingerprint density at radius 1 is 1.24 bits per heavy atom. The second-order valence-corrected chi connectivity index (χ2v) is 4.14. The van der Waals surface area contributed by atoms with E-state index in [1.807, 2.05) is 36.2 Å². The number of nitrogens with zero attached hydrogens (tertiary/aromatic N) is 1. The molecule has 4 heteroatoms. The summed E-state index contributed by atoms with van der Waals surface area (Å²) in [7, 11) is 0. The molecule has 1 aromatic rings. The molecule has 0 aliphatic carbocycles. The molecule has 2 amide bonds. The summed E-state index contributed by atoms with van der Waals surface area (Å²) in [6.07, 6.45) is 5.15. The van der Waals surface area contributed by atoms with Crippen molar-refractivity contribution < 1.29 is 4.79 Å². The van der Waals surface area contributed by atoms with Crippen molar-refractivity contribution in [3.8, 4) is 0 Å². The van der Waals surface area contributed by atoms with Gasteiger partial charge in [0.05, 0.1) is 0 Å². The molecule has 1 aromatic carbocycles. The van der Waals surface area contributed by atoms with Gasteiger partial charge in [-0.25, -0.2) is 9.80 Å². The Morgan fingerprint density at radius 2 is 2.00 bits per heavy atom. The van der Waals surface area contributed by atoms with E-state index in [4.69, 9.17) is 0 Å². The number of nitrogens with one attached hydrogen (secondary N) is 2. The maximum Gasteiger partial charge on any atom is 0.333 e. The lowest BCUT2D eigenvalue weighted by Gasteiger charge is -2.23. The maximum atomic E-state index is 11.7. The molecular weight excluding hydrogens is 214 g/mol. The third-order valence-corrected chi connectivity index (χ3v) is 2.63. The summed E-state index contributed by atoms with van der Waals surface area (Å²) >= 11 is 0. The minimum absolute atomic E-state index is 0.191. The van der Waals surface area contributed by atoms with Gasteiger partial charge in [-0.3, -0.25) is 5.43 Å². The van der Waals surface area contributed by atoms with Crippen LogP contribution in [0.15, 0.2) is 36.4 Å². The predicted molar refractivity (Wildman–Crippen MR) is 68.7 cm³/mol. The van der Waals surface area contributed by atoms with Crippen molar-refractivity contribution in [2.24, 2.45) is 0 Å². The number of rotatable bonds is 2. The fourth-order valence-corrected chi connectivity index (χ4v) is 1.68. The lowest BCUT2D eigenvalue weighted by molar-refractivity contribution is 0.196. The number of carbonyl (C=O) groups excluding carboxylic acids is 1. The molecule has 0 fully saturated rings. The van der Waals surface area contributed by atoms with E-state index < -0.39 is 0 Å². The van der Waals surface area contributed by atoms with Crippen LogP contribution in [-0.2, 0) is 0 Å². The molecule has 1 aliphatic rings. The van der Waals surface area contributed by atoms with Crippen molar-refractivity contribution in [3.05, 3.63) is 42.0 Å². The highest BCUT2D eigenvalue weighted by atomic mass is 16.2. The Balaban J connectivity index is 1.84. The monoisotopic (exact) mass is 231 g/mol. The highest BCUT2D eigenvalue weighted by Gasteiger charge is 2.09. The third-order valence-electron chi connectivity index (χ3n) is 2.63. The number of aryl methyl sites for hydroxylation is 1. The van der Waals surface area contributed by atoms with E-state index in [1.54, 1.807) is 0 Å². The molecular formula is C13H17N3O. The van der Waals surface area contributed by atoms with Gasteiger partial charge in [-0.15, -0.1) is 0 Å². The molecule has 0 aromatic heterocycles. The van der Waals surface area contributed by atoms with Gasteiger partial charge in [-0.1, -0.05) is 29.8 Å². The van der Waals surface area contributed by atoms with Gasteiger partial charge in [-0.05, 0) is 25.5 Å². The van der Waals surface area contributed by atoms with Crippen LogP contribution in [0.2, 0.25) is 0 Å². The van der Waals surface area contributed by atoms with Gasteiger partial charge in [0.2, 0.25) is 0 Å². The standard InChI is InChI=1S/C13H17N3O/c1-11-5-7-12(8-6-11)14-13(17)15-16-9-3-2-4-10-16/h2-3,5-8H,4,9-10H2,1H3,(H2,14,15,17). The number of hydrogen-bond acceptors (Lipinski definition) is 2.